The fraction of sp³-hybridized carbons (Fsp3) is 0.583. The van der Waals surface area contributed by atoms with Crippen LogP contribution in [0.3, 0.4) is 0 Å². The molecule has 3 heterocycles. The Kier molecular flexibility index (Phi) is 6.62. The van der Waals surface area contributed by atoms with E-state index < -0.39 is 0 Å². The highest BCUT2D eigenvalue weighted by Crippen LogP contribution is 2.27. The SMILES string of the molecule is CCN(CC)C(=O)CC[C@@H]1CNC(=O)[C@@H]2C[C@H](NCc3cn(C)c4ccccc34)CN12. The third kappa shape index (κ3) is 4.48. The molecule has 1 aromatic heterocycles. The van der Waals surface area contributed by atoms with Crippen LogP contribution in [0, 0.1) is 0 Å². The van der Waals surface area contributed by atoms with Gasteiger partial charge in [-0.25, -0.2) is 0 Å². The van der Waals surface area contributed by atoms with E-state index in [0.29, 0.717) is 13.0 Å². The van der Waals surface area contributed by atoms with Gasteiger partial charge in [0.1, 0.15) is 0 Å². The Balaban J connectivity index is 1.37. The van der Waals surface area contributed by atoms with Gasteiger partial charge in [-0.2, -0.15) is 0 Å². The number of aryl methyl sites for hydroxylation is 1. The van der Waals surface area contributed by atoms with E-state index in [9.17, 15) is 9.59 Å². The van der Waals surface area contributed by atoms with Gasteiger partial charge in [-0.15, -0.1) is 0 Å². The molecule has 2 aliphatic rings. The normalized spacial score (nSPS) is 23.7. The number of piperazine rings is 1. The first kappa shape index (κ1) is 21.8. The van der Waals surface area contributed by atoms with Crippen molar-refractivity contribution >= 4 is 22.7 Å². The summed E-state index contributed by atoms with van der Waals surface area (Å²) in [5.41, 5.74) is 2.52. The maximum absolute atomic E-state index is 12.5. The van der Waals surface area contributed by atoms with E-state index in [2.05, 4.69) is 57.6 Å². The first-order valence-corrected chi connectivity index (χ1v) is 11.6. The fourth-order valence-corrected chi connectivity index (χ4v) is 5.24. The monoisotopic (exact) mass is 425 g/mol. The molecule has 2 saturated heterocycles. The van der Waals surface area contributed by atoms with Crippen molar-refractivity contribution in [2.75, 3.05) is 26.2 Å². The Bertz CT molecular complexity index is 935. The summed E-state index contributed by atoms with van der Waals surface area (Å²) < 4.78 is 2.17. The first-order chi connectivity index (χ1) is 15.0. The average molecular weight is 426 g/mol. The number of rotatable bonds is 8. The topological polar surface area (TPSA) is 69.6 Å². The molecular weight excluding hydrogens is 390 g/mol. The Morgan fingerprint density at radius 1 is 1.26 bits per heavy atom. The van der Waals surface area contributed by atoms with Gasteiger partial charge in [-0.1, -0.05) is 18.2 Å². The largest absolute Gasteiger partial charge is 0.353 e. The third-order valence-corrected chi connectivity index (χ3v) is 6.99. The van der Waals surface area contributed by atoms with Gasteiger partial charge in [0.05, 0.1) is 6.04 Å². The number of nitrogens with zero attached hydrogens (tertiary/aromatic N) is 3. The molecule has 0 unspecified atom stereocenters. The van der Waals surface area contributed by atoms with Crippen molar-refractivity contribution in [3.63, 3.8) is 0 Å². The van der Waals surface area contributed by atoms with E-state index in [1.807, 2.05) is 18.7 Å². The molecule has 0 radical (unpaired) electrons. The summed E-state index contributed by atoms with van der Waals surface area (Å²) in [6, 6.07) is 8.87. The van der Waals surface area contributed by atoms with Gasteiger partial charge in [0.15, 0.2) is 0 Å². The molecule has 2 aliphatic heterocycles. The molecule has 2 N–H and O–H groups in total. The van der Waals surface area contributed by atoms with Crippen molar-refractivity contribution in [3.8, 4) is 0 Å². The molecule has 2 amide bonds. The van der Waals surface area contributed by atoms with Crippen molar-refractivity contribution in [2.45, 2.75) is 57.8 Å². The number of fused-ring (bicyclic) bond motifs is 2. The molecule has 2 aromatic rings. The van der Waals surface area contributed by atoms with Crippen LogP contribution in [0.5, 0.6) is 0 Å². The van der Waals surface area contributed by atoms with Crippen molar-refractivity contribution in [1.82, 2.24) is 25.0 Å². The lowest BCUT2D eigenvalue weighted by Gasteiger charge is -2.37. The smallest absolute Gasteiger partial charge is 0.237 e. The van der Waals surface area contributed by atoms with Crippen LogP contribution in [0.2, 0.25) is 0 Å². The zero-order chi connectivity index (χ0) is 22.0. The van der Waals surface area contributed by atoms with Crippen LogP contribution in [0.4, 0.5) is 0 Å². The Hall–Kier alpha value is -2.38. The van der Waals surface area contributed by atoms with Crippen LogP contribution >= 0.6 is 0 Å². The standard InChI is InChI=1S/C24H35N5O2/c1-4-28(5-2)23(30)11-10-19-14-26-24(31)22-12-18(16-29(19)22)25-13-17-15-27(3)21-9-7-6-8-20(17)21/h6-9,15,18-19,22,25H,4-5,10-14,16H2,1-3H3,(H,26,31)/t18-,19+,22-/m0/s1. The van der Waals surface area contributed by atoms with Gasteiger partial charge >= 0.3 is 0 Å². The summed E-state index contributed by atoms with van der Waals surface area (Å²) in [6.07, 6.45) is 4.34. The van der Waals surface area contributed by atoms with Crippen LogP contribution in [-0.2, 0) is 23.2 Å². The highest BCUT2D eigenvalue weighted by Gasteiger charge is 2.43. The summed E-state index contributed by atoms with van der Waals surface area (Å²) in [4.78, 5) is 29.2. The van der Waals surface area contributed by atoms with Gasteiger partial charge < -0.3 is 20.1 Å². The fourth-order valence-electron chi connectivity index (χ4n) is 5.24. The zero-order valence-corrected chi connectivity index (χ0v) is 18.9. The van der Waals surface area contributed by atoms with E-state index in [0.717, 1.165) is 39.0 Å². The number of carbonyl (C=O) groups is 2. The lowest BCUT2D eigenvalue weighted by molar-refractivity contribution is -0.132. The minimum atomic E-state index is -0.0904. The molecule has 1 aromatic carbocycles. The zero-order valence-electron chi connectivity index (χ0n) is 18.9. The molecule has 3 atom stereocenters. The Morgan fingerprint density at radius 3 is 2.81 bits per heavy atom. The summed E-state index contributed by atoms with van der Waals surface area (Å²) in [7, 11) is 2.08. The number of amides is 2. The van der Waals surface area contributed by atoms with Gasteiger partial charge in [0, 0.05) is 75.4 Å². The van der Waals surface area contributed by atoms with Crippen molar-refractivity contribution in [2.24, 2.45) is 7.05 Å². The van der Waals surface area contributed by atoms with Crippen molar-refractivity contribution in [1.29, 1.82) is 0 Å². The second kappa shape index (κ2) is 9.40. The molecule has 7 heteroatoms. The molecule has 0 bridgehead atoms. The maximum Gasteiger partial charge on any atom is 0.237 e. The van der Waals surface area contributed by atoms with Crippen LogP contribution in [0.1, 0.15) is 38.7 Å². The molecular formula is C24H35N5O2. The molecule has 168 valence electrons. The van der Waals surface area contributed by atoms with Crippen molar-refractivity contribution < 1.29 is 9.59 Å². The second-order valence-electron chi connectivity index (χ2n) is 8.81. The highest BCUT2D eigenvalue weighted by atomic mass is 16.2. The van der Waals surface area contributed by atoms with E-state index in [4.69, 9.17) is 0 Å². The van der Waals surface area contributed by atoms with E-state index >= 15 is 0 Å². The average Bonchev–Trinajstić information content (AvgIpc) is 3.35. The predicted octanol–water partition coefficient (Wildman–Crippen LogP) is 1.86. The van der Waals surface area contributed by atoms with E-state index in [-0.39, 0.29) is 29.9 Å². The summed E-state index contributed by atoms with van der Waals surface area (Å²) >= 11 is 0. The van der Waals surface area contributed by atoms with Crippen LogP contribution < -0.4 is 10.6 Å². The summed E-state index contributed by atoms with van der Waals surface area (Å²) in [5.74, 6) is 0.337. The molecule has 0 aliphatic carbocycles. The van der Waals surface area contributed by atoms with Gasteiger partial charge in [-0.05, 0) is 38.3 Å². The quantitative estimate of drug-likeness (QED) is 0.677. The van der Waals surface area contributed by atoms with E-state index in [1.54, 1.807) is 0 Å². The molecule has 2 fully saturated rings. The number of benzene rings is 1. The van der Waals surface area contributed by atoms with E-state index in [1.165, 1.54) is 16.5 Å². The van der Waals surface area contributed by atoms with Crippen LogP contribution in [0.25, 0.3) is 10.9 Å². The number of hydrogen-bond donors (Lipinski definition) is 2. The molecule has 4 rings (SSSR count). The first-order valence-electron chi connectivity index (χ1n) is 11.6. The van der Waals surface area contributed by atoms with Gasteiger partial charge in [-0.3, -0.25) is 14.5 Å². The number of hydrogen-bond acceptors (Lipinski definition) is 4. The number of aromatic nitrogens is 1. The molecule has 7 nitrogen and oxygen atoms in total. The lowest BCUT2D eigenvalue weighted by Crippen LogP contribution is -2.58. The second-order valence-corrected chi connectivity index (χ2v) is 8.81. The maximum atomic E-state index is 12.5. The number of carbonyl (C=O) groups excluding carboxylic acids is 2. The van der Waals surface area contributed by atoms with Gasteiger partial charge in [0.2, 0.25) is 11.8 Å². The minimum absolute atomic E-state index is 0.0904. The minimum Gasteiger partial charge on any atom is -0.353 e. The van der Waals surface area contributed by atoms with Crippen LogP contribution in [-0.4, -0.2) is 70.5 Å². The Labute approximate surface area is 184 Å². The lowest BCUT2D eigenvalue weighted by atomic mass is 10.0. The summed E-state index contributed by atoms with van der Waals surface area (Å²) in [5, 5.41) is 8.04. The summed E-state index contributed by atoms with van der Waals surface area (Å²) in [6.45, 7) is 7.82. The predicted molar refractivity (Wildman–Crippen MR) is 123 cm³/mol. The number of para-hydroxylation sites is 1. The van der Waals surface area contributed by atoms with Crippen molar-refractivity contribution in [3.05, 3.63) is 36.0 Å². The highest BCUT2D eigenvalue weighted by molar-refractivity contribution is 5.84. The Morgan fingerprint density at radius 2 is 2.03 bits per heavy atom. The molecule has 0 saturated carbocycles. The molecule has 0 spiro atoms. The number of nitrogens with one attached hydrogen (secondary N) is 2. The van der Waals surface area contributed by atoms with Gasteiger partial charge in [0.25, 0.3) is 0 Å². The molecule has 31 heavy (non-hydrogen) atoms. The third-order valence-electron chi connectivity index (χ3n) is 6.99. The van der Waals surface area contributed by atoms with Crippen LogP contribution in [0.15, 0.2) is 30.5 Å².